The summed E-state index contributed by atoms with van der Waals surface area (Å²) in [6.45, 7) is 0. The minimum Gasteiger partial charge on any atom is -0.493 e. The van der Waals surface area contributed by atoms with Gasteiger partial charge in [-0.1, -0.05) is 22.0 Å². The Hall–Kier alpha value is -3.65. The van der Waals surface area contributed by atoms with Crippen molar-refractivity contribution in [3.8, 4) is 11.5 Å². The summed E-state index contributed by atoms with van der Waals surface area (Å²) in [5.41, 5.74) is 1.13. The number of benzene rings is 2. The van der Waals surface area contributed by atoms with Gasteiger partial charge in [0.2, 0.25) is 0 Å². The molecule has 0 atom stereocenters. The Morgan fingerprint density at radius 2 is 1.90 bits per heavy atom. The summed E-state index contributed by atoms with van der Waals surface area (Å²) >= 11 is 3.32. The topological polar surface area (TPSA) is 87.3 Å². The van der Waals surface area contributed by atoms with Crippen molar-refractivity contribution in [3.05, 3.63) is 87.9 Å². The Bertz CT molecular complexity index is 1160. The quantitative estimate of drug-likeness (QED) is 0.309. The van der Waals surface area contributed by atoms with E-state index in [0.29, 0.717) is 22.6 Å². The third-order valence-corrected chi connectivity index (χ3v) is 4.65. The van der Waals surface area contributed by atoms with Crippen LogP contribution in [0.3, 0.4) is 0 Å². The summed E-state index contributed by atoms with van der Waals surface area (Å²) in [5, 5.41) is 0. The molecule has 2 aromatic carbocycles. The number of carbonyl (C=O) groups is 2. The zero-order valence-corrected chi connectivity index (χ0v) is 17.2. The van der Waals surface area contributed by atoms with Crippen LogP contribution in [0.1, 0.15) is 21.7 Å². The number of cyclic esters (lactones) is 1. The van der Waals surface area contributed by atoms with E-state index in [-0.39, 0.29) is 17.3 Å². The first-order valence-corrected chi connectivity index (χ1v) is 9.55. The second kappa shape index (κ2) is 8.38. The lowest BCUT2D eigenvalue weighted by atomic mass is 10.1. The van der Waals surface area contributed by atoms with Gasteiger partial charge in [-0.3, -0.25) is 0 Å². The second-order valence-corrected chi connectivity index (χ2v) is 7.04. The van der Waals surface area contributed by atoms with Gasteiger partial charge in [0.25, 0.3) is 5.90 Å². The molecule has 0 radical (unpaired) electrons. The lowest BCUT2D eigenvalue weighted by Crippen LogP contribution is -2.09. The van der Waals surface area contributed by atoms with Crippen LogP contribution in [0.5, 0.6) is 11.5 Å². The lowest BCUT2D eigenvalue weighted by Gasteiger charge is -2.10. The van der Waals surface area contributed by atoms with Crippen LogP contribution in [0.2, 0.25) is 0 Å². The fourth-order valence-electron chi connectivity index (χ4n) is 2.68. The van der Waals surface area contributed by atoms with Gasteiger partial charge in [-0.15, -0.1) is 0 Å². The number of methoxy groups -OCH3 is 1. The molecular formula is C22H14BrNO6. The number of esters is 2. The first-order chi connectivity index (χ1) is 14.5. The van der Waals surface area contributed by atoms with E-state index in [1.165, 1.54) is 13.4 Å². The van der Waals surface area contributed by atoms with E-state index in [2.05, 4.69) is 20.9 Å². The maximum Gasteiger partial charge on any atom is 0.363 e. The molecule has 1 aliphatic heterocycles. The number of furan rings is 1. The molecule has 0 N–H and O–H groups in total. The van der Waals surface area contributed by atoms with Gasteiger partial charge in [0, 0.05) is 4.47 Å². The van der Waals surface area contributed by atoms with Gasteiger partial charge in [-0.05, 0) is 60.2 Å². The molecule has 150 valence electrons. The summed E-state index contributed by atoms with van der Waals surface area (Å²) in [6, 6.07) is 15.0. The van der Waals surface area contributed by atoms with Crippen molar-refractivity contribution in [1.29, 1.82) is 0 Å². The van der Waals surface area contributed by atoms with Crippen molar-refractivity contribution in [3.63, 3.8) is 0 Å². The molecule has 30 heavy (non-hydrogen) atoms. The molecule has 4 rings (SSSR count). The Balaban J connectivity index is 1.56. The highest BCUT2D eigenvalue weighted by Gasteiger charge is 2.26. The molecule has 0 bridgehead atoms. The average molecular weight is 468 g/mol. The Morgan fingerprint density at radius 1 is 1.10 bits per heavy atom. The zero-order chi connectivity index (χ0) is 21.1. The van der Waals surface area contributed by atoms with Crippen LogP contribution in [0.15, 0.2) is 80.4 Å². The number of halogens is 1. The molecule has 0 aliphatic carbocycles. The summed E-state index contributed by atoms with van der Waals surface area (Å²) in [4.78, 5) is 28.6. The third-order valence-electron chi connectivity index (χ3n) is 4.13. The Labute approximate surface area is 179 Å². The average Bonchev–Trinajstić information content (AvgIpc) is 3.40. The largest absolute Gasteiger partial charge is 0.493 e. The number of hydrogen-bond donors (Lipinski definition) is 0. The molecule has 3 aromatic rings. The molecule has 1 aliphatic rings. The molecule has 0 saturated carbocycles. The van der Waals surface area contributed by atoms with Crippen molar-refractivity contribution in [2.45, 2.75) is 0 Å². The normalized spacial score (nSPS) is 14.4. The van der Waals surface area contributed by atoms with Gasteiger partial charge in [0.15, 0.2) is 23.0 Å². The highest BCUT2D eigenvalue weighted by molar-refractivity contribution is 9.10. The number of hydrogen-bond acceptors (Lipinski definition) is 7. The highest BCUT2D eigenvalue weighted by Crippen LogP contribution is 2.30. The van der Waals surface area contributed by atoms with E-state index in [1.807, 2.05) is 0 Å². The van der Waals surface area contributed by atoms with Crippen LogP contribution in [-0.4, -0.2) is 24.9 Å². The Morgan fingerprint density at radius 3 is 2.60 bits per heavy atom. The monoisotopic (exact) mass is 467 g/mol. The van der Waals surface area contributed by atoms with E-state index in [0.717, 1.165) is 4.47 Å². The predicted molar refractivity (Wildman–Crippen MR) is 111 cm³/mol. The smallest absolute Gasteiger partial charge is 0.363 e. The van der Waals surface area contributed by atoms with Crippen molar-refractivity contribution >= 4 is 39.8 Å². The van der Waals surface area contributed by atoms with Gasteiger partial charge in [-0.2, -0.15) is 0 Å². The van der Waals surface area contributed by atoms with E-state index in [4.69, 9.17) is 18.6 Å². The van der Waals surface area contributed by atoms with Gasteiger partial charge in [-0.25, -0.2) is 14.6 Å². The van der Waals surface area contributed by atoms with Crippen molar-refractivity contribution in [2.75, 3.05) is 7.11 Å². The van der Waals surface area contributed by atoms with Crippen LogP contribution in [0.25, 0.3) is 6.08 Å². The van der Waals surface area contributed by atoms with Gasteiger partial charge in [0.05, 0.1) is 18.9 Å². The van der Waals surface area contributed by atoms with Gasteiger partial charge >= 0.3 is 11.9 Å². The predicted octanol–water partition coefficient (Wildman–Crippen LogP) is 4.61. The van der Waals surface area contributed by atoms with Crippen LogP contribution < -0.4 is 9.47 Å². The number of ether oxygens (including phenoxy) is 3. The summed E-state index contributed by atoms with van der Waals surface area (Å²) in [5.74, 6) is -0.0642. The van der Waals surface area contributed by atoms with Crippen molar-refractivity contribution < 1.29 is 28.2 Å². The minimum absolute atomic E-state index is 0.100. The lowest BCUT2D eigenvalue weighted by molar-refractivity contribution is -0.130. The van der Waals surface area contributed by atoms with E-state index >= 15 is 0 Å². The summed E-state index contributed by atoms with van der Waals surface area (Å²) in [6.07, 6.45) is 3.01. The van der Waals surface area contributed by atoms with Crippen LogP contribution in [-0.2, 0) is 9.53 Å². The SMILES string of the molecule is COc1cc(/C=C2/N=C(c3ccco3)OC2=O)ccc1OC(=O)c1ccc(Br)cc1. The van der Waals surface area contributed by atoms with Crippen molar-refractivity contribution in [2.24, 2.45) is 4.99 Å². The molecule has 0 amide bonds. The Kier molecular flexibility index (Phi) is 5.49. The van der Waals surface area contributed by atoms with Gasteiger partial charge < -0.3 is 18.6 Å². The fraction of sp³-hybridized carbons (Fsp3) is 0.0455. The van der Waals surface area contributed by atoms with Gasteiger partial charge in [0.1, 0.15) is 0 Å². The van der Waals surface area contributed by atoms with Crippen molar-refractivity contribution in [1.82, 2.24) is 0 Å². The standard InChI is InChI=1S/C22H14BrNO6/c1-27-19-12-13(11-16-22(26)30-20(24-16)18-3-2-10-28-18)4-9-17(19)29-21(25)14-5-7-15(23)8-6-14/h2-12H,1H3/b16-11+. The first-order valence-electron chi connectivity index (χ1n) is 8.76. The molecule has 7 nitrogen and oxygen atoms in total. The van der Waals surface area contributed by atoms with Crippen LogP contribution in [0.4, 0.5) is 0 Å². The maximum absolute atomic E-state index is 12.4. The highest BCUT2D eigenvalue weighted by atomic mass is 79.9. The molecule has 1 aromatic heterocycles. The minimum atomic E-state index is -0.592. The number of rotatable bonds is 5. The van der Waals surface area contributed by atoms with Crippen LogP contribution in [0, 0.1) is 0 Å². The van der Waals surface area contributed by atoms with E-state index < -0.39 is 11.9 Å². The molecule has 0 unspecified atom stereocenters. The fourth-order valence-corrected chi connectivity index (χ4v) is 2.94. The van der Waals surface area contributed by atoms with E-state index in [1.54, 1.807) is 60.7 Å². The summed E-state index contributed by atoms with van der Waals surface area (Å²) in [7, 11) is 1.46. The molecular weight excluding hydrogens is 454 g/mol. The summed E-state index contributed by atoms with van der Waals surface area (Å²) < 4.78 is 21.9. The van der Waals surface area contributed by atoms with Crippen LogP contribution >= 0.6 is 15.9 Å². The molecule has 0 spiro atoms. The second-order valence-electron chi connectivity index (χ2n) is 6.12. The number of carbonyl (C=O) groups excluding carboxylic acids is 2. The maximum atomic E-state index is 12.4. The number of nitrogens with zero attached hydrogens (tertiary/aromatic N) is 1. The molecule has 0 saturated heterocycles. The molecule has 2 heterocycles. The first kappa shape index (κ1) is 19.7. The molecule has 8 heteroatoms. The zero-order valence-electron chi connectivity index (χ0n) is 15.6. The third kappa shape index (κ3) is 4.18. The number of aliphatic imine (C=N–C) groups is 1. The molecule has 0 fully saturated rings. The van der Waals surface area contributed by atoms with E-state index in [9.17, 15) is 9.59 Å².